The molecule has 0 unspecified atom stereocenters. The first kappa shape index (κ1) is 14.8. The van der Waals surface area contributed by atoms with Crippen LogP contribution in [0.3, 0.4) is 0 Å². The second-order valence-electron chi connectivity index (χ2n) is 5.05. The summed E-state index contributed by atoms with van der Waals surface area (Å²) in [5, 5.41) is 6.95. The van der Waals surface area contributed by atoms with E-state index in [2.05, 4.69) is 83.0 Å². The van der Waals surface area contributed by atoms with Gasteiger partial charge in [-0.15, -0.1) is 22.7 Å². The van der Waals surface area contributed by atoms with Gasteiger partial charge in [0.1, 0.15) is 0 Å². The van der Waals surface area contributed by atoms with E-state index in [0.717, 1.165) is 0 Å². The molecule has 4 rings (SSSR count). The molecule has 4 aromatic rings. The molecule has 0 radical (unpaired) electrons. The van der Waals surface area contributed by atoms with Crippen LogP contribution in [0.25, 0.3) is 20.2 Å². The summed E-state index contributed by atoms with van der Waals surface area (Å²) in [6, 6.07) is 15.2. The van der Waals surface area contributed by atoms with Crippen LogP contribution in [0.5, 0.6) is 0 Å². The Bertz CT molecular complexity index is 886. The van der Waals surface area contributed by atoms with Gasteiger partial charge in [-0.25, -0.2) is 0 Å². The van der Waals surface area contributed by atoms with Crippen molar-refractivity contribution in [1.82, 2.24) is 0 Å². The standard InChI is InChI=1S/C9H7BrS.C9H8S/c1-6-2-3-9-7(4-6)8(10)5-11-9;1-7-2-3-9-8(6-7)4-5-10-9/h2-5H,1H3;2-6H,1H3. The summed E-state index contributed by atoms with van der Waals surface area (Å²) in [6.07, 6.45) is 0. The minimum atomic E-state index is 1.21. The molecule has 0 N–H and O–H groups in total. The highest BCUT2D eigenvalue weighted by molar-refractivity contribution is 9.10. The Hall–Kier alpha value is -1.16. The van der Waals surface area contributed by atoms with Gasteiger partial charge in [0, 0.05) is 24.6 Å². The van der Waals surface area contributed by atoms with E-state index in [1.165, 1.54) is 35.8 Å². The zero-order chi connectivity index (χ0) is 14.8. The Morgan fingerprint density at radius 3 is 2.33 bits per heavy atom. The SMILES string of the molecule is Cc1ccc2scc(Br)c2c1.Cc1ccc2sccc2c1. The quantitative estimate of drug-likeness (QED) is 0.305. The molecule has 2 aromatic heterocycles. The number of thiophene rings is 2. The van der Waals surface area contributed by atoms with E-state index in [0.29, 0.717) is 0 Å². The number of rotatable bonds is 0. The lowest BCUT2D eigenvalue weighted by Crippen LogP contribution is -1.68. The number of hydrogen-bond donors (Lipinski definition) is 0. The van der Waals surface area contributed by atoms with Gasteiger partial charge in [0.15, 0.2) is 0 Å². The molecule has 0 aliphatic carbocycles. The molecule has 3 heteroatoms. The van der Waals surface area contributed by atoms with Gasteiger partial charge in [-0.2, -0.15) is 0 Å². The number of halogens is 1. The minimum Gasteiger partial charge on any atom is -0.144 e. The fourth-order valence-electron chi connectivity index (χ4n) is 2.20. The third kappa shape index (κ3) is 3.37. The first-order valence-electron chi connectivity index (χ1n) is 6.71. The van der Waals surface area contributed by atoms with Crippen molar-refractivity contribution in [2.75, 3.05) is 0 Å². The van der Waals surface area contributed by atoms with Gasteiger partial charge in [0.25, 0.3) is 0 Å². The molecule has 0 aliphatic heterocycles. The third-order valence-electron chi connectivity index (χ3n) is 3.29. The normalized spacial score (nSPS) is 10.6. The smallest absolute Gasteiger partial charge is 0.0361 e. The van der Waals surface area contributed by atoms with E-state index < -0.39 is 0 Å². The van der Waals surface area contributed by atoms with E-state index in [9.17, 15) is 0 Å². The van der Waals surface area contributed by atoms with Crippen molar-refractivity contribution in [3.8, 4) is 0 Å². The van der Waals surface area contributed by atoms with Crippen LogP contribution in [0.2, 0.25) is 0 Å². The molecule has 0 saturated carbocycles. The topological polar surface area (TPSA) is 0 Å². The predicted octanol–water partition coefficient (Wildman–Crippen LogP) is 7.18. The van der Waals surface area contributed by atoms with Crippen LogP contribution >= 0.6 is 38.6 Å². The van der Waals surface area contributed by atoms with Gasteiger partial charge < -0.3 is 0 Å². The van der Waals surface area contributed by atoms with Crippen LogP contribution in [0.1, 0.15) is 11.1 Å². The summed E-state index contributed by atoms with van der Waals surface area (Å²) in [5.41, 5.74) is 2.66. The molecule has 0 fully saturated rings. The first-order valence-corrected chi connectivity index (χ1v) is 9.26. The Labute approximate surface area is 141 Å². The lowest BCUT2D eigenvalue weighted by atomic mass is 10.2. The van der Waals surface area contributed by atoms with Crippen molar-refractivity contribution >= 4 is 58.8 Å². The number of aryl methyl sites for hydroxylation is 2. The molecule has 0 bridgehead atoms. The molecule has 0 aliphatic rings. The van der Waals surface area contributed by atoms with Crippen molar-refractivity contribution < 1.29 is 0 Å². The average molecular weight is 375 g/mol. The summed E-state index contributed by atoms with van der Waals surface area (Å²) < 4.78 is 3.94. The maximum Gasteiger partial charge on any atom is 0.0361 e. The summed E-state index contributed by atoms with van der Waals surface area (Å²) in [6.45, 7) is 4.24. The maximum atomic E-state index is 3.51. The van der Waals surface area contributed by atoms with Gasteiger partial charge in [-0.05, 0) is 64.8 Å². The zero-order valence-corrected chi connectivity index (χ0v) is 15.1. The molecule has 2 aromatic carbocycles. The molecule has 2 heterocycles. The summed E-state index contributed by atoms with van der Waals surface area (Å²) in [4.78, 5) is 0. The zero-order valence-electron chi connectivity index (χ0n) is 11.9. The fourth-order valence-corrected chi connectivity index (χ4v) is 4.51. The highest BCUT2D eigenvalue weighted by Gasteiger charge is 1.99. The molecule has 0 amide bonds. The maximum absolute atomic E-state index is 3.51. The molecular formula is C18H15BrS2. The molecule has 106 valence electrons. The van der Waals surface area contributed by atoms with Gasteiger partial charge >= 0.3 is 0 Å². The van der Waals surface area contributed by atoms with E-state index >= 15 is 0 Å². The van der Waals surface area contributed by atoms with E-state index in [-0.39, 0.29) is 0 Å². The molecule has 0 atom stereocenters. The average Bonchev–Trinajstić information content (AvgIpc) is 3.06. The summed E-state index contributed by atoms with van der Waals surface area (Å²) in [5.74, 6) is 0. The van der Waals surface area contributed by atoms with E-state index in [1.54, 1.807) is 22.7 Å². The molecular weight excluding hydrogens is 360 g/mol. The molecule has 0 spiro atoms. The summed E-state index contributed by atoms with van der Waals surface area (Å²) >= 11 is 7.08. The van der Waals surface area contributed by atoms with Crippen molar-refractivity contribution in [3.63, 3.8) is 0 Å². The monoisotopic (exact) mass is 374 g/mol. The van der Waals surface area contributed by atoms with Crippen LogP contribution < -0.4 is 0 Å². The molecule has 0 saturated heterocycles. The van der Waals surface area contributed by atoms with Gasteiger partial charge in [0.05, 0.1) is 0 Å². The van der Waals surface area contributed by atoms with Crippen LogP contribution in [-0.2, 0) is 0 Å². The molecule has 0 nitrogen and oxygen atoms in total. The second-order valence-corrected chi connectivity index (χ2v) is 7.76. The number of hydrogen-bond acceptors (Lipinski definition) is 2. The van der Waals surface area contributed by atoms with Crippen LogP contribution in [0.15, 0.2) is 57.7 Å². The Morgan fingerprint density at radius 2 is 1.52 bits per heavy atom. The van der Waals surface area contributed by atoms with E-state index in [1.807, 2.05) is 0 Å². The highest BCUT2D eigenvalue weighted by atomic mass is 79.9. The Balaban J connectivity index is 0.000000126. The lowest BCUT2D eigenvalue weighted by Gasteiger charge is -1.92. The van der Waals surface area contributed by atoms with Gasteiger partial charge in [-0.3, -0.25) is 0 Å². The molecule has 21 heavy (non-hydrogen) atoms. The number of benzene rings is 2. The van der Waals surface area contributed by atoms with Gasteiger partial charge in [-0.1, -0.05) is 29.3 Å². The second kappa shape index (κ2) is 6.30. The third-order valence-corrected chi connectivity index (χ3v) is 6.11. The minimum absolute atomic E-state index is 1.21. The first-order chi connectivity index (χ1) is 10.1. The van der Waals surface area contributed by atoms with Crippen molar-refractivity contribution in [2.45, 2.75) is 13.8 Å². The van der Waals surface area contributed by atoms with Crippen LogP contribution in [0, 0.1) is 13.8 Å². The lowest BCUT2D eigenvalue weighted by molar-refractivity contribution is 1.51. The largest absolute Gasteiger partial charge is 0.144 e. The summed E-state index contributed by atoms with van der Waals surface area (Å²) in [7, 11) is 0. The van der Waals surface area contributed by atoms with Crippen molar-refractivity contribution in [2.24, 2.45) is 0 Å². The number of fused-ring (bicyclic) bond motifs is 2. The predicted molar refractivity (Wildman–Crippen MR) is 101 cm³/mol. The van der Waals surface area contributed by atoms with E-state index in [4.69, 9.17) is 0 Å². The highest BCUT2D eigenvalue weighted by Crippen LogP contribution is 2.30. The van der Waals surface area contributed by atoms with Gasteiger partial charge in [0.2, 0.25) is 0 Å². The van der Waals surface area contributed by atoms with Crippen LogP contribution in [-0.4, -0.2) is 0 Å². The van der Waals surface area contributed by atoms with Crippen LogP contribution in [0.4, 0.5) is 0 Å². The van der Waals surface area contributed by atoms with Crippen molar-refractivity contribution in [3.05, 3.63) is 68.8 Å². The van der Waals surface area contributed by atoms with Crippen molar-refractivity contribution in [1.29, 1.82) is 0 Å². The fraction of sp³-hybridized carbons (Fsp3) is 0.111. The Morgan fingerprint density at radius 1 is 0.810 bits per heavy atom. The Kier molecular flexibility index (Phi) is 4.43.